The summed E-state index contributed by atoms with van der Waals surface area (Å²) in [6, 6.07) is 5.79. The zero-order valence-corrected chi connectivity index (χ0v) is 10.2. The zero-order valence-electron chi connectivity index (χ0n) is 10.2. The Labute approximate surface area is 96.1 Å². The fraction of sp³-hybridized carbons (Fsp3) is 0.462. The standard InChI is InChI=1S/C13H18O3/c1-8-6-5-7-9(2)11(8)12(14)10(3)13(15)16-4/h5-7,10,12,14H,1-4H3. The van der Waals surface area contributed by atoms with E-state index in [-0.39, 0.29) is 0 Å². The normalized spacial score (nSPS) is 14.3. The van der Waals surface area contributed by atoms with Gasteiger partial charge in [-0.3, -0.25) is 4.79 Å². The van der Waals surface area contributed by atoms with E-state index in [1.165, 1.54) is 7.11 Å². The van der Waals surface area contributed by atoms with Gasteiger partial charge in [0.15, 0.2) is 0 Å². The van der Waals surface area contributed by atoms with E-state index in [0.717, 1.165) is 16.7 Å². The van der Waals surface area contributed by atoms with Crippen molar-refractivity contribution in [3.05, 3.63) is 34.9 Å². The Morgan fingerprint density at radius 3 is 2.25 bits per heavy atom. The average Bonchev–Trinajstić information content (AvgIpc) is 2.26. The van der Waals surface area contributed by atoms with Crippen LogP contribution in [0.1, 0.15) is 29.7 Å². The van der Waals surface area contributed by atoms with Crippen LogP contribution in [0, 0.1) is 19.8 Å². The number of hydrogen-bond acceptors (Lipinski definition) is 3. The number of aliphatic hydroxyl groups is 1. The highest BCUT2D eigenvalue weighted by atomic mass is 16.5. The predicted molar refractivity (Wildman–Crippen MR) is 62.1 cm³/mol. The van der Waals surface area contributed by atoms with Crippen molar-refractivity contribution in [1.82, 2.24) is 0 Å². The van der Waals surface area contributed by atoms with E-state index >= 15 is 0 Å². The minimum atomic E-state index is -0.811. The molecular weight excluding hydrogens is 204 g/mol. The van der Waals surface area contributed by atoms with Crippen LogP contribution in [-0.2, 0) is 9.53 Å². The van der Waals surface area contributed by atoms with Crippen molar-refractivity contribution in [2.24, 2.45) is 5.92 Å². The molecule has 88 valence electrons. The Morgan fingerprint density at radius 1 is 1.31 bits per heavy atom. The summed E-state index contributed by atoms with van der Waals surface area (Å²) in [6.45, 7) is 5.52. The molecule has 2 unspecified atom stereocenters. The smallest absolute Gasteiger partial charge is 0.311 e. The van der Waals surface area contributed by atoms with Crippen LogP contribution in [0.3, 0.4) is 0 Å². The van der Waals surface area contributed by atoms with Crippen LogP contribution < -0.4 is 0 Å². The summed E-state index contributed by atoms with van der Waals surface area (Å²) < 4.78 is 4.64. The van der Waals surface area contributed by atoms with Crippen molar-refractivity contribution in [2.45, 2.75) is 26.9 Å². The summed E-state index contributed by atoms with van der Waals surface area (Å²) in [7, 11) is 1.33. The van der Waals surface area contributed by atoms with Crippen LogP contribution in [0.2, 0.25) is 0 Å². The lowest BCUT2D eigenvalue weighted by atomic mass is 9.91. The monoisotopic (exact) mass is 222 g/mol. The topological polar surface area (TPSA) is 46.5 Å². The van der Waals surface area contributed by atoms with Gasteiger partial charge in [-0.05, 0) is 37.5 Å². The molecule has 1 aromatic carbocycles. The minimum Gasteiger partial charge on any atom is -0.469 e. The van der Waals surface area contributed by atoms with Gasteiger partial charge in [0.25, 0.3) is 0 Å². The van der Waals surface area contributed by atoms with Crippen LogP contribution >= 0.6 is 0 Å². The molecule has 3 nitrogen and oxygen atoms in total. The van der Waals surface area contributed by atoms with E-state index in [2.05, 4.69) is 4.74 Å². The second-order valence-electron chi connectivity index (χ2n) is 4.06. The Balaban J connectivity index is 3.04. The number of aliphatic hydroxyl groups excluding tert-OH is 1. The van der Waals surface area contributed by atoms with Gasteiger partial charge in [-0.1, -0.05) is 18.2 Å². The summed E-state index contributed by atoms with van der Waals surface area (Å²) in [5.74, 6) is -0.944. The maximum absolute atomic E-state index is 11.4. The van der Waals surface area contributed by atoms with Crippen LogP contribution in [0.5, 0.6) is 0 Å². The summed E-state index contributed by atoms with van der Waals surface area (Å²) in [4.78, 5) is 11.4. The van der Waals surface area contributed by atoms with Crippen molar-refractivity contribution in [1.29, 1.82) is 0 Å². The molecule has 1 aromatic rings. The lowest BCUT2D eigenvalue weighted by molar-refractivity contribution is -0.148. The molecule has 0 saturated heterocycles. The van der Waals surface area contributed by atoms with Crippen molar-refractivity contribution in [2.75, 3.05) is 7.11 Å². The SMILES string of the molecule is COC(=O)C(C)C(O)c1c(C)cccc1C. The molecule has 0 bridgehead atoms. The number of hydrogen-bond donors (Lipinski definition) is 1. The van der Waals surface area contributed by atoms with Crippen molar-refractivity contribution in [3.8, 4) is 0 Å². The number of aryl methyl sites for hydroxylation is 2. The van der Waals surface area contributed by atoms with E-state index in [9.17, 15) is 9.90 Å². The molecule has 0 radical (unpaired) electrons. The van der Waals surface area contributed by atoms with Crippen LogP contribution in [-0.4, -0.2) is 18.2 Å². The first-order chi connectivity index (χ1) is 7.49. The van der Waals surface area contributed by atoms with Crippen LogP contribution in [0.4, 0.5) is 0 Å². The fourth-order valence-electron chi connectivity index (χ4n) is 1.86. The van der Waals surface area contributed by atoms with E-state index in [0.29, 0.717) is 0 Å². The summed E-state index contributed by atoms with van der Waals surface area (Å²) in [5.41, 5.74) is 2.80. The highest BCUT2D eigenvalue weighted by Gasteiger charge is 2.26. The van der Waals surface area contributed by atoms with E-state index < -0.39 is 18.0 Å². The first-order valence-corrected chi connectivity index (χ1v) is 5.31. The Bertz CT molecular complexity index is 365. The van der Waals surface area contributed by atoms with Gasteiger partial charge in [0, 0.05) is 0 Å². The average molecular weight is 222 g/mol. The first-order valence-electron chi connectivity index (χ1n) is 5.31. The number of methoxy groups -OCH3 is 1. The molecule has 0 amide bonds. The fourth-order valence-corrected chi connectivity index (χ4v) is 1.86. The number of ether oxygens (including phenoxy) is 1. The Kier molecular flexibility index (Phi) is 4.07. The highest BCUT2D eigenvalue weighted by Crippen LogP contribution is 2.28. The number of carbonyl (C=O) groups is 1. The van der Waals surface area contributed by atoms with E-state index in [1.807, 2.05) is 32.0 Å². The molecule has 0 heterocycles. The quantitative estimate of drug-likeness (QED) is 0.797. The van der Waals surface area contributed by atoms with Gasteiger partial charge in [0.05, 0.1) is 19.1 Å². The molecule has 2 atom stereocenters. The summed E-state index contributed by atoms with van der Waals surface area (Å²) >= 11 is 0. The van der Waals surface area contributed by atoms with Crippen molar-refractivity contribution in [3.63, 3.8) is 0 Å². The third kappa shape index (κ3) is 2.42. The van der Waals surface area contributed by atoms with E-state index in [4.69, 9.17) is 0 Å². The Morgan fingerprint density at radius 2 is 1.81 bits per heavy atom. The summed E-state index contributed by atoms with van der Waals surface area (Å²) in [5, 5.41) is 10.2. The van der Waals surface area contributed by atoms with Crippen molar-refractivity contribution < 1.29 is 14.6 Å². The number of esters is 1. The largest absolute Gasteiger partial charge is 0.469 e. The first kappa shape index (κ1) is 12.7. The molecule has 0 fully saturated rings. The zero-order chi connectivity index (χ0) is 12.3. The van der Waals surface area contributed by atoms with Gasteiger partial charge in [-0.25, -0.2) is 0 Å². The predicted octanol–water partition coefficient (Wildman–Crippen LogP) is 2.15. The van der Waals surface area contributed by atoms with Gasteiger partial charge in [-0.2, -0.15) is 0 Å². The maximum Gasteiger partial charge on any atom is 0.311 e. The third-order valence-corrected chi connectivity index (χ3v) is 2.88. The number of carbonyl (C=O) groups excluding carboxylic acids is 1. The molecule has 16 heavy (non-hydrogen) atoms. The van der Waals surface area contributed by atoms with Gasteiger partial charge in [0.2, 0.25) is 0 Å². The number of rotatable bonds is 3. The molecule has 1 rings (SSSR count). The van der Waals surface area contributed by atoms with Gasteiger partial charge >= 0.3 is 5.97 Å². The molecule has 0 aliphatic carbocycles. The van der Waals surface area contributed by atoms with Crippen LogP contribution in [0.25, 0.3) is 0 Å². The van der Waals surface area contributed by atoms with Crippen LogP contribution in [0.15, 0.2) is 18.2 Å². The lowest BCUT2D eigenvalue weighted by Gasteiger charge is -2.20. The third-order valence-electron chi connectivity index (χ3n) is 2.88. The van der Waals surface area contributed by atoms with Crippen molar-refractivity contribution >= 4 is 5.97 Å². The molecule has 3 heteroatoms. The van der Waals surface area contributed by atoms with E-state index in [1.54, 1.807) is 6.92 Å². The Hall–Kier alpha value is -1.35. The molecule has 0 saturated carbocycles. The molecule has 0 aliphatic rings. The molecule has 0 aromatic heterocycles. The van der Waals surface area contributed by atoms with Gasteiger partial charge < -0.3 is 9.84 Å². The minimum absolute atomic E-state index is 0.393. The maximum atomic E-state index is 11.4. The summed E-state index contributed by atoms with van der Waals surface area (Å²) in [6.07, 6.45) is -0.811. The molecule has 0 spiro atoms. The lowest BCUT2D eigenvalue weighted by Crippen LogP contribution is -2.21. The number of benzene rings is 1. The van der Waals surface area contributed by atoms with Gasteiger partial charge in [-0.15, -0.1) is 0 Å². The second kappa shape index (κ2) is 5.12. The van der Waals surface area contributed by atoms with Gasteiger partial charge in [0.1, 0.15) is 0 Å². The molecule has 1 N–H and O–H groups in total. The highest BCUT2D eigenvalue weighted by molar-refractivity contribution is 5.73. The molecule has 0 aliphatic heterocycles. The second-order valence-corrected chi connectivity index (χ2v) is 4.06. The molecular formula is C13H18O3.